The van der Waals surface area contributed by atoms with Gasteiger partial charge >= 0.3 is 0 Å². The van der Waals surface area contributed by atoms with Crippen LogP contribution in [0, 0.1) is 0 Å². The highest BCUT2D eigenvalue weighted by molar-refractivity contribution is 6.07. The Kier molecular flexibility index (Phi) is 5.58. The van der Waals surface area contributed by atoms with Crippen LogP contribution in [-0.2, 0) is 13.6 Å². The number of hydrogen-bond donors (Lipinski definition) is 2. The Hall–Kier alpha value is -4.25. The van der Waals surface area contributed by atoms with Gasteiger partial charge in [-0.05, 0) is 24.3 Å². The lowest BCUT2D eigenvalue weighted by Gasteiger charge is -2.11. The van der Waals surface area contributed by atoms with Gasteiger partial charge in [0.25, 0.3) is 5.91 Å². The van der Waals surface area contributed by atoms with Crippen LogP contribution in [0.25, 0.3) is 22.6 Å². The molecule has 3 N–H and O–H groups in total. The second-order valence-electron chi connectivity index (χ2n) is 6.42. The van der Waals surface area contributed by atoms with Gasteiger partial charge in [0.15, 0.2) is 5.69 Å². The predicted molar refractivity (Wildman–Crippen MR) is 112 cm³/mol. The molecule has 4 aromatic heterocycles. The summed E-state index contributed by atoms with van der Waals surface area (Å²) in [6.07, 6.45) is 4.90. The normalized spacial score (nSPS) is 10.7. The van der Waals surface area contributed by atoms with Gasteiger partial charge in [0.1, 0.15) is 17.2 Å². The highest BCUT2D eigenvalue weighted by Gasteiger charge is 2.22. The van der Waals surface area contributed by atoms with Gasteiger partial charge in [-0.2, -0.15) is 0 Å². The second kappa shape index (κ2) is 8.63. The van der Waals surface area contributed by atoms with Crippen molar-refractivity contribution in [3.63, 3.8) is 0 Å². The quantitative estimate of drug-likeness (QED) is 0.476. The molecule has 0 saturated carbocycles. The third kappa shape index (κ3) is 4.07. The maximum atomic E-state index is 13.0. The van der Waals surface area contributed by atoms with Crippen molar-refractivity contribution in [3.8, 4) is 28.5 Å². The highest BCUT2D eigenvalue weighted by Crippen LogP contribution is 2.28. The monoisotopic (exact) mass is 417 g/mol. The number of methoxy groups -OCH3 is 1. The molecule has 0 atom stereocenters. The predicted octanol–water partition coefficient (Wildman–Crippen LogP) is 1.45. The molecule has 0 fully saturated rings. The number of aromatic nitrogens is 7. The van der Waals surface area contributed by atoms with Crippen LogP contribution in [-0.4, -0.2) is 47.9 Å². The van der Waals surface area contributed by atoms with Crippen LogP contribution in [0.15, 0.2) is 48.9 Å². The fraction of sp³-hybridized carbons (Fsp3) is 0.150. The smallest absolute Gasteiger partial charge is 0.276 e. The Morgan fingerprint density at radius 1 is 1.13 bits per heavy atom. The fourth-order valence-corrected chi connectivity index (χ4v) is 2.91. The first-order valence-electron chi connectivity index (χ1n) is 9.29. The van der Waals surface area contributed by atoms with Crippen molar-refractivity contribution in [2.24, 2.45) is 12.8 Å². The minimum atomic E-state index is -0.420. The van der Waals surface area contributed by atoms with Crippen molar-refractivity contribution < 1.29 is 9.53 Å². The van der Waals surface area contributed by atoms with Gasteiger partial charge in [0, 0.05) is 31.2 Å². The Balaban J connectivity index is 1.63. The average Bonchev–Trinajstić information content (AvgIpc) is 3.21. The Labute approximate surface area is 177 Å². The molecular weight excluding hydrogens is 398 g/mol. The van der Waals surface area contributed by atoms with Crippen molar-refractivity contribution in [1.82, 2.24) is 34.9 Å². The van der Waals surface area contributed by atoms with E-state index in [1.165, 1.54) is 11.8 Å². The molecule has 0 aliphatic carbocycles. The molecule has 11 heteroatoms. The van der Waals surface area contributed by atoms with Gasteiger partial charge in [-0.3, -0.25) is 9.78 Å². The zero-order valence-electron chi connectivity index (χ0n) is 16.9. The van der Waals surface area contributed by atoms with Crippen LogP contribution in [0.3, 0.4) is 0 Å². The van der Waals surface area contributed by atoms with Crippen LogP contribution in [0.1, 0.15) is 16.3 Å². The van der Waals surface area contributed by atoms with Crippen LogP contribution in [0.5, 0.6) is 5.88 Å². The largest absolute Gasteiger partial charge is 0.479 e. The lowest BCUT2D eigenvalue weighted by molar-refractivity contribution is 0.101. The molecule has 0 aliphatic rings. The number of nitrogens with zero attached hydrogens (tertiary/aromatic N) is 7. The average molecular weight is 417 g/mol. The molecule has 0 aliphatic heterocycles. The standard InChI is InChI=1S/C20H19N9O2/c1-29-18(17(27-28-29)14-5-3-4-8-22-14)19(30)25-15-7-6-13(26-20(15)31-2)12-10-23-16(9-21)24-11-12/h3-8,10-11H,9,21H2,1-2H3,(H,25,30). The number of rotatable bonds is 6. The number of anilines is 1. The number of aryl methyl sites for hydroxylation is 1. The maximum absolute atomic E-state index is 13.0. The number of pyridine rings is 2. The zero-order valence-corrected chi connectivity index (χ0v) is 16.9. The third-order valence-corrected chi connectivity index (χ3v) is 4.43. The Morgan fingerprint density at radius 3 is 2.61 bits per heavy atom. The molecule has 156 valence electrons. The number of hydrogen-bond acceptors (Lipinski definition) is 9. The van der Waals surface area contributed by atoms with E-state index in [2.05, 4.69) is 35.6 Å². The first-order chi connectivity index (χ1) is 15.1. The molecule has 0 radical (unpaired) electrons. The first kappa shape index (κ1) is 20.0. The van der Waals surface area contributed by atoms with E-state index in [0.29, 0.717) is 34.2 Å². The fourth-order valence-electron chi connectivity index (χ4n) is 2.91. The van der Waals surface area contributed by atoms with E-state index in [9.17, 15) is 4.79 Å². The van der Waals surface area contributed by atoms with Gasteiger partial charge in [-0.1, -0.05) is 11.3 Å². The maximum Gasteiger partial charge on any atom is 0.276 e. The molecule has 4 rings (SSSR count). The van der Waals surface area contributed by atoms with Crippen LogP contribution < -0.4 is 15.8 Å². The van der Waals surface area contributed by atoms with E-state index in [4.69, 9.17) is 10.5 Å². The Bertz CT molecular complexity index is 1210. The number of nitrogens with one attached hydrogen (secondary N) is 1. The van der Waals surface area contributed by atoms with Gasteiger partial charge < -0.3 is 15.8 Å². The van der Waals surface area contributed by atoms with Gasteiger partial charge in [-0.15, -0.1) is 5.10 Å². The summed E-state index contributed by atoms with van der Waals surface area (Å²) in [5.74, 6) is 0.355. The number of nitrogens with two attached hydrogens (primary N) is 1. The third-order valence-electron chi connectivity index (χ3n) is 4.43. The summed E-state index contributed by atoms with van der Waals surface area (Å²) >= 11 is 0. The number of ether oxygens (including phenoxy) is 1. The summed E-state index contributed by atoms with van der Waals surface area (Å²) in [7, 11) is 3.11. The highest BCUT2D eigenvalue weighted by atomic mass is 16.5. The SMILES string of the molecule is COc1nc(-c2cnc(CN)nc2)ccc1NC(=O)c1c(-c2ccccn2)nnn1C. The second-order valence-corrected chi connectivity index (χ2v) is 6.42. The molecular formula is C20H19N9O2. The molecule has 0 saturated heterocycles. The van der Waals surface area contributed by atoms with E-state index in [-0.39, 0.29) is 18.1 Å². The lowest BCUT2D eigenvalue weighted by Crippen LogP contribution is -2.18. The van der Waals surface area contributed by atoms with Crippen molar-refractivity contribution in [3.05, 3.63) is 60.4 Å². The summed E-state index contributed by atoms with van der Waals surface area (Å²) in [4.78, 5) is 30.1. The van der Waals surface area contributed by atoms with Crippen LogP contribution in [0.4, 0.5) is 5.69 Å². The molecule has 0 unspecified atom stereocenters. The van der Waals surface area contributed by atoms with Crippen LogP contribution in [0.2, 0.25) is 0 Å². The van der Waals surface area contributed by atoms with Crippen molar-refractivity contribution in [2.45, 2.75) is 6.54 Å². The molecule has 11 nitrogen and oxygen atoms in total. The van der Waals surface area contributed by atoms with Gasteiger partial charge in [-0.25, -0.2) is 19.6 Å². The molecule has 31 heavy (non-hydrogen) atoms. The Morgan fingerprint density at radius 2 is 1.94 bits per heavy atom. The van der Waals surface area contributed by atoms with E-state index < -0.39 is 5.91 Å². The summed E-state index contributed by atoms with van der Waals surface area (Å²) in [6.45, 7) is 0.255. The minimum absolute atomic E-state index is 0.239. The van der Waals surface area contributed by atoms with Gasteiger partial charge in [0.2, 0.25) is 5.88 Å². The summed E-state index contributed by atoms with van der Waals surface area (Å²) in [5.41, 5.74) is 8.39. The topological polar surface area (TPSA) is 147 Å². The minimum Gasteiger partial charge on any atom is -0.479 e. The van der Waals surface area contributed by atoms with E-state index in [0.717, 1.165) is 0 Å². The first-order valence-corrected chi connectivity index (χ1v) is 9.29. The zero-order chi connectivity index (χ0) is 21.8. The summed E-state index contributed by atoms with van der Waals surface area (Å²) < 4.78 is 6.77. The lowest BCUT2D eigenvalue weighted by atomic mass is 10.2. The molecule has 0 bridgehead atoms. The summed E-state index contributed by atoms with van der Waals surface area (Å²) in [5, 5.41) is 10.9. The van der Waals surface area contributed by atoms with Gasteiger partial charge in [0.05, 0.1) is 25.0 Å². The molecule has 0 spiro atoms. The molecule has 1 amide bonds. The summed E-state index contributed by atoms with van der Waals surface area (Å²) in [6, 6.07) is 8.79. The van der Waals surface area contributed by atoms with Crippen molar-refractivity contribution >= 4 is 11.6 Å². The van der Waals surface area contributed by atoms with E-state index >= 15 is 0 Å². The molecule has 4 heterocycles. The van der Waals surface area contributed by atoms with Crippen LogP contribution >= 0.6 is 0 Å². The molecule has 4 aromatic rings. The van der Waals surface area contributed by atoms with Crippen molar-refractivity contribution in [2.75, 3.05) is 12.4 Å². The van der Waals surface area contributed by atoms with E-state index in [1.54, 1.807) is 49.9 Å². The molecule has 0 aromatic carbocycles. The van der Waals surface area contributed by atoms with E-state index in [1.807, 2.05) is 6.07 Å². The number of carbonyl (C=O) groups excluding carboxylic acids is 1. The van der Waals surface area contributed by atoms with Crippen molar-refractivity contribution in [1.29, 1.82) is 0 Å². The number of carbonyl (C=O) groups is 1. The number of amides is 1.